The van der Waals surface area contributed by atoms with Crippen LogP contribution in [0.15, 0.2) is 16.9 Å². The van der Waals surface area contributed by atoms with Crippen molar-refractivity contribution in [3.05, 3.63) is 45.2 Å². The van der Waals surface area contributed by atoms with Crippen LogP contribution in [0.4, 0.5) is 13.3 Å². The highest BCUT2D eigenvalue weighted by molar-refractivity contribution is 5.94. The van der Waals surface area contributed by atoms with Gasteiger partial charge in [-0.05, 0) is 18.9 Å². The molecule has 2 aromatic rings. The molecule has 4 nitrogen and oxygen atoms in total. The Kier molecular flexibility index (Phi) is 2.60. The highest BCUT2D eigenvalue weighted by Gasteiger charge is 2.34. The van der Waals surface area contributed by atoms with Gasteiger partial charge in [-0.2, -0.15) is 4.79 Å². The number of hydrogen-bond donors (Lipinski definition) is 1. The van der Waals surface area contributed by atoms with Crippen molar-refractivity contribution in [3.8, 4) is 0 Å². The van der Waals surface area contributed by atoms with E-state index in [1.807, 2.05) is 0 Å². The van der Waals surface area contributed by atoms with Crippen molar-refractivity contribution >= 4 is 16.9 Å². The second-order valence-electron chi connectivity index (χ2n) is 4.73. The summed E-state index contributed by atoms with van der Waals surface area (Å²) < 4.78 is 40.7. The normalized spacial score (nSPS) is 14.8. The number of carbonyl (C=O) groups is 1. The van der Waals surface area contributed by atoms with Crippen LogP contribution in [0.1, 0.15) is 34.8 Å². The summed E-state index contributed by atoms with van der Waals surface area (Å²) in [6, 6.07) is 1.08. The summed E-state index contributed by atoms with van der Waals surface area (Å²) in [4.78, 5) is 23.3. The second kappa shape index (κ2) is 4.09. The fourth-order valence-corrected chi connectivity index (χ4v) is 2.29. The number of halogens is 3. The van der Waals surface area contributed by atoms with Crippen LogP contribution in [0.3, 0.4) is 0 Å². The molecule has 0 bridgehead atoms. The van der Waals surface area contributed by atoms with Gasteiger partial charge in [0.1, 0.15) is 5.56 Å². The number of aromatic carboxylic acids is 1. The van der Waals surface area contributed by atoms with Gasteiger partial charge >= 0.3 is 5.97 Å². The summed E-state index contributed by atoms with van der Waals surface area (Å²) in [6.07, 6.45) is 1.11. The van der Waals surface area contributed by atoms with E-state index in [-0.39, 0.29) is 16.4 Å². The third kappa shape index (κ3) is 1.70. The van der Waals surface area contributed by atoms with Gasteiger partial charge in [-0.25, -0.2) is 13.6 Å². The van der Waals surface area contributed by atoms with Crippen molar-refractivity contribution in [1.29, 1.82) is 0 Å². The number of hydrogen-bond acceptors (Lipinski definition) is 2. The minimum absolute atomic E-state index is 0.0135. The lowest BCUT2D eigenvalue weighted by Crippen LogP contribution is -2.22. The maximum absolute atomic E-state index is 14.3. The molecular weight excluding hydrogens is 275 g/mol. The summed E-state index contributed by atoms with van der Waals surface area (Å²) in [5, 5.41) is 8.59. The van der Waals surface area contributed by atoms with Gasteiger partial charge in [0.15, 0.2) is 11.6 Å². The van der Waals surface area contributed by atoms with Crippen molar-refractivity contribution in [2.75, 3.05) is 0 Å². The van der Waals surface area contributed by atoms with Crippen LogP contribution in [0, 0.1) is 11.6 Å². The summed E-state index contributed by atoms with van der Waals surface area (Å²) in [6.45, 7) is 0. The minimum Gasteiger partial charge on any atom is -0.477 e. The van der Waals surface area contributed by atoms with Gasteiger partial charge in [-0.15, -0.1) is 0 Å². The molecule has 0 saturated heterocycles. The SMILES string of the molecule is O=C(O)c1c(C2CC2)n(F)c2cc(F)c(F)cc2c1=O. The lowest BCUT2D eigenvalue weighted by Gasteiger charge is -2.11. The molecule has 1 aliphatic rings. The first-order valence-electron chi connectivity index (χ1n) is 5.89. The number of nitrogens with zero attached hydrogens (tertiary/aromatic N) is 1. The van der Waals surface area contributed by atoms with Crippen LogP contribution in [-0.4, -0.2) is 15.9 Å². The average molecular weight is 283 g/mol. The third-order valence-electron chi connectivity index (χ3n) is 3.37. The first-order chi connectivity index (χ1) is 9.41. The van der Waals surface area contributed by atoms with Gasteiger partial charge in [0, 0.05) is 12.0 Å². The number of rotatable bonds is 2. The van der Waals surface area contributed by atoms with Crippen molar-refractivity contribution in [1.82, 2.24) is 4.79 Å². The van der Waals surface area contributed by atoms with E-state index in [2.05, 4.69) is 0 Å². The van der Waals surface area contributed by atoms with Gasteiger partial charge in [0.05, 0.1) is 16.6 Å². The van der Waals surface area contributed by atoms with Crippen LogP contribution < -0.4 is 5.43 Å². The monoisotopic (exact) mass is 283 g/mol. The number of fused-ring (bicyclic) bond motifs is 1. The Morgan fingerprint density at radius 2 is 1.85 bits per heavy atom. The predicted molar refractivity (Wildman–Crippen MR) is 63.6 cm³/mol. The molecule has 0 spiro atoms. The van der Waals surface area contributed by atoms with Gasteiger partial charge in [0.25, 0.3) is 0 Å². The van der Waals surface area contributed by atoms with Gasteiger partial charge < -0.3 is 5.11 Å². The standard InChI is InChI=1S/C13H8F3NO3/c14-7-3-6-9(4-8(7)15)17(16)11(5-1-2-5)10(12(6)18)13(19)20/h3-5H,1-2H2,(H,19,20). The highest BCUT2D eigenvalue weighted by Crippen LogP contribution is 2.42. The molecule has 1 aromatic carbocycles. The molecular formula is C13H8F3NO3. The summed E-state index contributed by atoms with van der Waals surface area (Å²) >= 11 is 0. The Morgan fingerprint density at radius 3 is 2.40 bits per heavy atom. The molecule has 0 amide bonds. The summed E-state index contributed by atoms with van der Waals surface area (Å²) in [5.74, 6) is -4.58. The van der Waals surface area contributed by atoms with E-state index >= 15 is 0 Å². The molecule has 1 fully saturated rings. The Bertz CT molecular complexity index is 809. The molecule has 0 radical (unpaired) electrons. The van der Waals surface area contributed by atoms with Crippen molar-refractivity contribution in [3.63, 3.8) is 0 Å². The zero-order valence-electron chi connectivity index (χ0n) is 9.99. The Balaban J connectivity index is 2.51. The van der Waals surface area contributed by atoms with Crippen LogP contribution in [0.2, 0.25) is 0 Å². The molecule has 20 heavy (non-hydrogen) atoms. The molecule has 1 aliphatic carbocycles. The zero-order chi connectivity index (χ0) is 14.6. The van der Waals surface area contributed by atoms with E-state index in [1.165, 1.54) is 0 Å². The second-order valence-corrected chi connectivity index (χ2v) is 4.73. The van der Waals surface area contributed by atoms with Crippen molar-refractivity contribution in [2.24, 2.45) is 0 Å². The maximum Gasteiger partial charge on any atom is 0.341 e. The summed E-state index contributed by atoms with van der Waals surface area (Å²) in [5.41, 5.74) is -2.45. The molecule has 1 saturated carbocycles. The van der Waals surface area contributed by atoms with E-state index < -0.39 is 39.5 Å². The minimum atomic E-state index is -1.57. The Morgan fingerprint density at radius 1 is 1.25 bits per heavy atom. The zero-order valence-corrected chi connectivity index (χ0v) is 9.99. The number of pyridine rings is 1. The maximum atomic E-state index is 14.3. The van der Waals surface area contributed by atoms with Gasteiger partial charge in [-0.3, -0.25) is 4.79 Å². The fourth-order valence-electron chi connectivity index (χ4n) is 2.29. The summed E-state index contributed by atoms with van der Waals surface area (Å²) in [7, 11) is 0. The van der Waals surface area contributed by atoms with Gasteiger partial charge in [0.2, 0.25) is 5.43 Å². The average Bonchev–Trinajstić information content (AvgIpc) is 3.19. The topological polar surface area (TPSA) is 59.3 Å². The van der Waals surface area contributed by atoms with E-state index in [0.717, 1.165) is 0 Å². The fraction of sp³-hybridized carbons (Fsp3) is 0.231. The molecule has 0 aliphatic heterocycles. The first-order valence-corrected chi connectivity index (χ1v) is 5.89. The van der Waals surface area contributed by atoms with Crippen LogP contribution in [-0.2, 0) is 0 Å². The van der Waals surface area contributed by atoms with E-state index in [0.29, 0.717) is 25.0 Å². The lowest BCUT2D eigenvalue weighted by molar-refractivity contribution is 0.0691. The molecule has 0 atom stereocenters. The number of aromatic nitrogens is 1. The van der Waals surface area contributed by atoms with E-state index in [1.54, 1.807) is 0 Å². The van der Waals surface area contributed by atoms with Crippen LogP contribution in [0.5, 0.6) is 0 Å². The third-order valence-corrected chi connectivity index (χ3v) is 3.37. The number of benzene rings is 1. The molecule has 1 N–H and O–H groups in total. The molecule has 7 heteroatoms. The Labute approximate surface area is 110 Å². The number of carboxylic acid groups (broad SMARTS) is 1. The molecule has 3 rings (SSSR count). The van der Waals surface area contributed by atoms with Crippen LogP contribution >= 0.6 is 0 Å². The molecule has 1 aromatic heterocycles. The molecule has 0 unspecified atom stereocenters. The Hall–Kier alpha value is -2.31. The number of carboxylic acids is 1. The smallest absolute Gasteiger partial charge is 0.341 e. The predicted octanol–water partition coefficient (Wildman–Crippen LogP) is 2.59. The quantitative estimate of drug-likeness (QED) is 0.921. The lowest BCUT2D eigenvalue weighted by atomic mass is 10.1. The van der Waals surface area contributed by atoms with Crippen molar-refractivity contribution < 1.29 is 23.2 Å². The first kappa shape index (κ1) is 12.7. The largest absolute Gasteiger partial charge is 0.477 e. The van der Waals surface area contributed by atoms with E-state index in [9.17, 15) is 22.9 Å². The highest BCUT2D eigenvalue weighted by atomic mass is 19.2. The molecule has 104 valence electrons. The molecule has 1 heterocycles. The van der Waals surface area contributed by atoms with Crippen LogP contribution in [0.25, 0.3) is 10.9 Å². The van der Waals surface area contributed by atoms with Crippen molar-refractivity contribution in [2.45, 2.75) is 18.8 Å². The van der Waals surface area contributed by atoms with Gasteiger partial charge in [-0.1, -0.05) is 4.48 Å². The van der Waals surface area contributed by atoms with E-state index in [4.69, 9.17) is 5.11 Å².